The molecular weight excluding hydrogens is 463 g/mol. The molecule has 2 rings (SSSR count). The van der Waals surface area contributed by atoms with E-state index in [0.29, 0.717) is 47.7 Å². The molecule has 0 fully saturated rings. The molecule has 0 bridgehead atoms. The number of likely N-dealkylation sites (N-methyl/N-ethyl adjacent to an activating group) is 1. The fraction of sp³-hybridized carbons (Fsp3) is 0.440. The first-order valence-electron chi connectivity index (χ1n) is 11.2. The Labute approximate surface area is 206 Å². The molecule has 0 aliphatic carbocycles. The minimum Gasteiger partial charge on any atom is -0.490 e. The number of aryl methyl sites for hydroxylation is 1. The van der Waals surface area contributed by atoms with Gasteiger partial charge in [-0.2, -0.15) is 0 Å². The van der Waals surface area contributed by atoms with Gasteiger partial charge in [-0.05, 0) is 69.5 Å². The number of hydrogen-bond donors (Lipinski definition) is 1. The average Bonchev–Trinajstić information content (AvgIpc) is 2.79. The van der Waals surface area contributed by atoms with Gasteiger partial charge in [-0.25, -0.2) is 0 Å². The van der Waals surface area contributed by atoms with E-state index in [1.54, 1.807) is 30.0 Å². The van der Waals surface area contributed by atoms with Crippen LogP contribution in [0.1, 0.15) is 45.2 Å². The van der Waals surface area contributed by atoms with Crippen molar-refractivity contribution in [2.24, 2.45) is 0 Å². The fourth-order valence-electron chi connectivity index (χ4n) is 3.39. The zero-order valence-corrected chi connectivity index (χ0v) is 21.1. The second-order valence-corrected chi connectivity index (χ2v) is 8.30. The van der Waals surface area contributed by atoms with Crippen molar-refractivity contribution in [3.05, 3.63) is 57.6 Å². The summed E-state index contributed by atoms with van der Waals surface area (Å²) in [6, 6.07) is 10.3. The summed E-state index contributed by atoms with van der Waals surface area (Å²) in [5.41, 5.74) is 1.75. The Morgan fingerprint density at radius 2 is 1.61 bits per heavy atom. The number of carbonyl (C=O) groups excluding carboxylic acids is 2. The van der Waals surface area contributed by atoms with Crippen molar-refractivity contribution in [3.63, 3.8) is 0 Å². The lowest BCUT2D eigenvalue weighted by Gasteiger charge is -2.29. The quantitative estimate of drug-likeness (QED) is 0.435. The third-order valence-corrected chi connectivity index (χ3v) is 5.83. The molecule has 1 atom stereocenters. The van der Waals surface area contributed by atoms with Crippen molar-refractivity contribution in [1.82, 2.24) is 10.2 Å². The Hall–Kier alpha value is -2.44. The van der Waals surface area contributed by atoms with E-state index in [0.717, 1.165) is 11.1 Å². The molecule has 0 saturated heterocycles. The minimum atomic E-state index is -0.633. The molecule has 2 aromatic carbocycles. The molecule has 8 heteroatoms. The van der Waals surface area contributed by atoms with E-state index in [1.165, 1.54) is 0 Å². The molecule has 0 aliphatic heterocycles. The number of nitrogens with one attached hydrogen (secondary N) is 1. The zero-order chi connectivity index (χ0) is 24.4. The monoisotopic (exact) mass is 494 g/mol. The number of nitrogens with zero attached hydrogens (tertiary/aromatic N) is 1. The maximum atomic E-state index is 13.2. The first kappa shape index (κ1) is 26.8. The van der Waals surface area contributed by atoms with Gasteiger partial charge >= 0.3 is 0 Å². The van der Waals surface area contributed by atoms with Crippen LogP contribution in [0, 0.1) is 0 Å². The first-order chi connectivity index (χ1) is 15.8. The molecule has 0 heterocycles. The van der Waals surface area contributed by atoms with Gasteiger partial charge in [-0.3, -0.25) is 9.59 Å². The van der Waals surface area contributed by atoms with Crippen LogP contribution in [0.25, 0.3) is 0 Å². The maximum Gasteiger partial charge on any atom is 0.242 e. The van der Waals surface area contributed by atoms with Crippen molar-refractivity contribution in [1.29, 1.82) is 0 Å². The summed E-state index contributed by atoms with van der Waals surface area (Å²) in [7, 11) is 0. The highest BCUT2D eigenvalue weighted by Crippen LogP contribution is 2.29. The van der Waals surface area contributed by atoms with Crippen LogP contribution >= 0.6 is 23.2 Å². The minimum absolute atomic E-state index is 0.133. The van der Waals surface area contributed by atoms with Crippen LogP contribution in [0.15, 0.2) is 36.4 Å². The fourth-order valence-corrected chi connectivity index (χ4v) is 3.71. The second-order valence-electron chi connectivity index (χ2n) is 7.49. The van der Waals surface area contributed by atoms with Gasteiger partial charge in [0.15, 0.2) is 11.5 Å². The van der Waals surface area contributed by atoms with Crippen LogP contribution in [0.5, 0.6) is 11.5 Å². The van der Waals surface area contributed by atoms with Gasteiger partial charge in [0.1, 0.15) is 6.04 Å². The highest BCUT2D eigenvalue weighted by atomic mass is 35.5. The lowest BCUT2D eigenvalue weighted by molar-refractivity contribution is -0.140. The molecule has 2 aromatic rings. The van der Waals surface area contributed by atoms with Crippen molar-refractivity contribution in [3.8, 4) is 11.5 Å². The number of ether oxygens (including phenoxy) is 2. The van der Waals surface area contributed by atoms with E-state index in [-0.39, 0.29) is 24.8 Å². The molecule has 6 nitrogen and oxygen atoms in total. The molecule has 180 valence electrons. The maximum absolute atomic E-state index is 13.2. The van der Waals surface area contributed by atoms with E-state index >= 15 is 0 Å². The highest BCUT2D eigenvalue weighted by Gasteiger charge is 2.26. The summed E-state index contributed by atoms with van der Waals surface area (Å²) in [5, 5.41) is 3.64. The van der Waals surface area contributed by atoms with Gasteiger partial charge in [0.2, 0.25) is 11.8 Å². The van der Waals surface area contributed by atoms with E-state index in [4.69, 9.17) is 32.7 Å². The van der Waals surface area contributed by atoms with Crippen LogP contribution in [0.2, 0.25) is 10.0 Å². The van der Waals surface area contributed by atoms with Crippen molar-refractivity contribution < 1.29 is 19.1 Å². The van der Waals surface area contributed by atoms with Gasteiger partial charge in [-0.15, -0.1) is 0 Å². The summed E-state index contributed by atoms with van der Waals surface area (Å²) in [5.74, 6) is 1.01. The van der Waals surface area contributed by atoms with Gasteiger partial charge in [0.05, 0.1) is 23.3 Å². The Kier molecular flexibility index (Phi) is 10.8. The highest BCUT2D eigenvalue weighted by molar-refractivity contribution is 6.42. The smallest absolute Gasteiger partial charge is 0.242 e. The van der Waals surface area contributed by atoms with Crippen LogP contribution in [0.3, 0.4) is 0 Å². The molecule has 0 unspecified atom stereocenters. The van der Waals surface area contributed by atoms with Gasteiger partial charge < -0.3 is 19.7 Å². The van der Waals surface area contributed by atoms with E-state index in [1.807, 2.05) is 39.0 Å². The number of benzene rings is 2. The third-order valence-electron chi connectivity index (χ3n) is 5.09. The van der Waals surface area contributed by atoms with Crippen LogP contribution in [-0.4, -0.2) is 42.5 Å². The predicted molar refractivity (Wildman–Crippen MR) is 132 cm³/mol. The third kappa shape index (κ3) is 7.83. The summed E-state index contributed by atoms with van der Waals surface area (Å²) < 4.78 is 11.3. The Balaban J connectivity index is 2.19. The average molecular weight is 495 g/mol. The number of hydrogen-bond acceptors (Lipinski definition) is 4. The molecule has 0 spiro atoms. The molecule has 0 aliphatic rings. The zero-order valence-electron chi connectivity index (χ0n) is 19.6. The summed E-state index contributed by atoms with van der Waals surface area (Å²) in [6.45, 7) is 9.20. The second kappa shape index (κ2) is 13.3. The lowest BCUT2D eigenvalue weighted by Crippen LogP contribution is -2.47. The summed E-state index contributed by atoms with van der Waals surface area (Å²) >= 11 is 12.2. The van der Waals surface area contributed by atoms with E-state index in [9.17, 15) is 9.59 Å². The van der Waals surface area contributed by atoms with Crippen molar-refractivity contribution in [2.75, 3.05) is 19.8 Å². The normalized spacial score (nSPS) is 11.6. The molecule has 0 radical (unpaired) electrons. The Morgan fingerprint density at radius 1 is 0.939 bits per heavy atom. The Bertz CT molecular complexity index is 952. The molecule has 1 N–H and O–H groups in total. The van der Waals surface area contributed by atoms with E-state index in [2.05, 4.69) is 5.32 Å². The van der Waals surface area contributed by atoms with Crippen LogP contribution in [0.4, 0.5) is 0 Å². The number of halogens is 2. The Morgan fingerprint density at radius 3 is 2.24 bits per heavy atom. The SMILES string of the molecule is CCNC(=O)[C@@H](C)N(Cc1ccc(Cl)c(Cl)c1)C(=O)CCc1ccc(OCC)c(OCC)c1. The largest absolute Gasteiger partial charge is 0.490 e. The molecule has 0 saturated carbocycles. The number of amides is 2. The standard InChI is InChI=1S/C25H32Cl2N2O4/c1-5-28-25(31)17(4)29(16-19-8-11-20(26)21(27)14-19)24(30)13-10-18-9-12-22(32-6-2)23(15-18)33-7-3/h8-9,11-12,14-15,17H,5-7,10,13,16H2,1-4H3,(H,28,31)/t17-/m1/s1. The number of rotatable bonds is 12. The molecule has 33 heavy (non-hydrogen) atoms. The van der Waals surface area contributed by atoms with Gasteiger partial charge in [0, 0.05) is 19.5 Å². The number of carbonyl (C=O) groups is 2. The van der Waals surface area contributed by atoms with Crippen molar-refractivity contribution in [2.45, 2.75) is 53.1 Å². The van der Waals surface area contributed by atoms with Gasteiger partial charge in [0.25, 0.3) is 0 Å². The molecular formula is C25H32Cl2N2O4. The molecule has 2 amide bonds. The topological polar surface area (TPSA) is 67.9 Å². The van der Waals surface area contributed by atoms with Crippen LogP contribution in [-0.2, 0) is 22.6 Å². The van der Waals surface area contributed by atoms with Crippen molar-refractivity contribution >= 4 is 35.0 Å². The van der Waals surface area contributed by atoms with Crippen LogP contribution < -0.4 is 14.8 Å². The van der Waals surface area contributed by atoms with E-state index < -0.39 is 6.04 Å². The summed E-state index contributed by atoms with van der Waals surface area (Å²) in [4.78, 5) is 27.3. The molecule has 0 aromatic heterocycles. The van der Waals surface area contributed by atoms with Gasteiger partial charge in [-0.1, -0.05) is 35.3 Å². The lowest BCUT2D eigenvalue weighted by atomic mass is 10.1. The first-order valence-corrected chi connectivity index (χ1v) is 12.0. The predicted octanol–water partition coefficient (Wildman–Crippen LogP) is 5.28. The summed E-state index contributed by atoms with van der Waals surface area (Å²) in [6.07, 6.45) is 0.746.